The van der Waals surface area contributed by atoms with Crippen LogP contribution in [0.1, 0.15) is 30.7 Å². The molecular formula is C16H20BrNO3. The van der Waals surface area contributed by atoms with Crippen LogP contribution in [0.5, 0.6) is 0 Å². The van der Waals surface area contributed by atoms with Gasteiger partial charge in [-0.25, -0.2) is 0 Å². The molecule has 5 heteroatoms. The third kappa shape index (κ3) is 3.58. The van der Waals surface area contributed by atoms with E-state index in [1.165, 1.54) is 11.3 Å². The molecule has 1 unspecified atom stereocenters. The molecule has 1 aromatic rings. The summed E-state index contributed by atoms with van der Waals surface area (Å²) >= 11 is 3.53. The number of morpholine rings is 1. The number of rotatable bonds is 5. The van der Waals surface area contributed by atoms with Gasteiger partial charge in [-0.15, -0.1) is 0 Å². The molecule has 0 radical (unpaired) electrons. The number of halogens is 1. The van der Waals surface area contributed by atoms with Gasteiger partial charge in [0.25, 0.3) is 0 Å². The number of ether oxygens (including phenoxy) is 1. The predicted molar refractivity (Wildman–Crippen MR) is 84.9 cm³/mol. The van der Waals surface area contributed by atoms with E-state index >= 15 is 0 Å². The molecule has 4 nitrogen and oxygen atoms in total. The van der Waals surface area contributed by atoms with Gasteiger partial charge in [-0.1, -0.05) is 15.9 Å². The van der Waals surface area contributed by atoms with E-state index in [0.717, 1.165) is 43.6 Å². The number of carbonyl (C=O) groups is 1. The topological polar surface area (TPSA) is 49.8 Å². The van der Waals surface area contributed by atoms with Gasteiger partial charge in [0.05, 0.1) is 19.6 Å². The Morgan fingerprint density at radius 2 is 2.10 bits per heavy atom. The highest BCUT2D eigenvalue weighted by atomic mass is 79.9. The lowest BCUT2D eigenvalue weighted by atomic mass is 9.89. The molecule has 1 saturated heterocycles. The molecule has 2 fully saturated rings. The Bertz CT molecular complexity index is 524. The molecule has 1 aliphatic heterocycles. The highest BCUT2D eigenvalue weighted by Gasteiger charge is 2.35. The molecule has 114 valence electrons. The molecule has 1 heterocycles. The lowest BCUT2D eigenvalue weighted by molar-refractivity contribution is -0.137. The van der Waals surface area contributed by atoms with E-state index in [2.05, 4.69) is 33.0 Å². The zero-order chi connectivity index (χ0) is 14.8. The lowest BCUT2D eigenvalue weighted by Gasteiger charge is -2.32. The van der Waals surface area contributed by atoms with Crippen LogP contribution < -0.4 is 4.90 Å². The molecule has 0 spiro atoms. The first-order valence-corrected chi connectivity index (χ1v) is 8.28. The number of aliphatic carboxylic acids is 1. The van der Waals surface area contributed by atoms with E-state index in [4.69, 9.17) is 4.74 Å². The van der Waals surface area contributed by atoms with E-state index in [-0.39, 0.29) is 12.3 Å². The first kappa shape index (κ1) is 14.9. The van der Waals surface area contributed by atoms with Gasteiger partial charge >= 0.3 is 5.97 Å². The minimum Gasteiger partial charge on any atom is -0.481 e. The van der Waals surface area contributed by atoms with Gasteiger partial charge in [0.1, 0.15) is 0 Å². The van der Waals surface area contributed by atoms with Crippen LogP contribution in [0.3, 0.4) is 0 Å². The van der Waals surface area contributed by atoms with Gasteiger partial charge in [0.15, 0.2) is 0 Å². The first-order valence-electron chi connectivity index (χ1n) is 7.49. The Labute approximate surface area is 133 Å². The van der Waals surface area contributed by atoms with Gasteiger partial charge in [0, 0.05) is 23.2 Å². The Morgan fingerprint density at radius 1 is 1.38 bits per heavy atom. The predicted octanol–water partition coefficient (Wildman–Crippen LogP) is 3.25. The molecule has 1 N–H and O–H groups in total. The smallest absolute Gasteiger partial charge is 0.303 e. The van der Waals surface area contributed by atoms with Crippen LogP contribution in [-0.4, -0.2) is 37.4 Å². The second-order valence-corrected chi connectivity index (χ2v) is 6.76. The fourth-order valence-corrected chi connectivity index (χ4v) is 3.51. The van der Waals surface area contributed by atoms with Crippen molar-refractivity contribution in [1.29, 1.82) is 0 Å². The van der Waals surface area contributed by atoms with Crippen LogP contribution in [0.4, 0.5) is 5.69 Å². The van der Waals surface area contributed by atoms with E-state index in [0.29, 0.717) is 5.92 Å². The Morgan fingerprint density at radius 3 is 2.71 bits per heavy atom. The van der Waals surface area contributed by atoms with E-state index < -0.39 is 5.97 Å². The Kier molecular flexibility index (Phi) is 4.50. The minimum absolute atomic E-state index is 0.123. The van der Waals surface area contributed by atoms with Crippen LogP contribution in [-0.2, 0) is 9.53 Å². The van der Waals surface area contributed by atoms with E-state index in [1.54, 1.807) is 0 Å². The molecule has 1 aromatic carbocycles. The summed E-state index contributed by atoms with van der Waals surface area (Å²) in [4.78, 5) is 13.6. The lowest BCUT2D eigenvalue weighted by Crippen LogP contribution is -2.37. The molecule has 1 saturated carbocycles. The van der Waals surface area contributed by atoms with Crippen molar-refractivity contribution in [3.63, 3.8) is 0 Å². The molecule has 2 aliphatic rings. The monoisotopic (exact) mass is 353 g/mol. The van der Waals surface area contributed by atoms with Crippen molar-refractivity contribution in [2.75, 3.05) is 31.2 Å². The number of anilines is 1. The van der Waals surface area contributed by atoms with E-state index in [1.807, 2.05) is 6.07 Å². The van der Waals surface area contributed by atoms with Crippen molar-refractivity contribution in [1.82, 2.24) is 0 Å². The number of nitrogens with zero attached hydrogens (tertiary/aromatic N) is 1. The zero-order valence-corrected chi connectivity index (χ0v) is 13.5. The molecule has 0 amide bonds. The number of carboxylic acids is 1. The molecule has 21 heavy (non-hydrogen) atoms. The van der Waals surface area contributed by atoms with Gasteiger partial charge in [-0.05, 0) is 48.4 Å². The van der Waals surface area contributed by atoms with Crippen LogP contribution in [0, 0.1) is 5.92 Å². The van der Waals surface area contributed by atoms with Crippen molar-refractivity contribution < 1.29 is 14.6 Å². The van der Waals surface area contributed by atoms with E-state index in [9.17, 15) is 9.90 Å². The van der Waals surface area contributed by atoms with Crippen LogP contribution in [0.2, 0.25) is 0 Å². The zero-order valence-electron chi connectivity index (χ0n) is 11.9. The highest BCUT2D eigenvalue weighted by Crippen LogP contribution is 2.47. The van der Waals surface area contributed by atoms with Gasteiger partial charge in [-0.3, -0.25) is 4.79 Å². The quantitative estimate of drug-likeness (QED) is 0.882. The molecule has 0 aromatic heterocycles. The van der Waals surface area contributed by atoms with Gasteiger partial charge in [0.2, 0.25) is 0 Å². The maximum Gasteiger partial charge on any atom is 0.303 e. The second kappa shape index (κ2) is 6.36. The number of benzene rings is 1. The van der Waals surface area contributed by atoms with Crippen molar-refractivity contribution in [2.45, 2.75) is 25.2 Å². The summed E-state index contributed by atoms with van der Waals surface area (Å²) in [5.41, 5.74) is 2.36. The summed E-state index contributed by atoms with van der Waals surface area (Å²) in [6, 6.07) is 6.26. The summed E-state index contributed by atoms with van der Waals surface area (Å²) in [7, 11) is 0. The fourth-order valence-electron chi connectivity index (χ4n) is 3.13. The van der Waals surface area contributed by atoms with Gasteiger partial charge in [-0.2, -0.15) is 0 Å². The maximum atomic E-state index is 11.2. The number of carboxylic acid groups (broad SMARTS) is 1. The summed E-state index contributed by atoms with van der Waals surface area (Å²) in [6.07, 6.45) is 2.51. The van der Waals surface area contributed by atoms with Crippen LogP contribution in [0.25, 0.3) is 0 Å². The normalized spacial score (nSPS) is 20.3. The van der Waals surface area contributed by atoms with Crippen molar-refractivity contribution >= 4 is 27.6 Å². The molecule has 3 rings (SSSR count). The Balaban J connectivity index is 1.93. The second-order valence-electron chi connectivity index (χ2n) is 5.84. The van der Waals surface area contributed by atoms with Crippen molar-refractivity contribution in [3.8, 4) is 0 Å². The highest BCUT2D eigenvalue weighted by molar-refractivity contribution is 9.10. The molecule has 1 atom stereocenters. The summed E-state index contributed by atoms with van der Waals surface area (Å²) in [6.45, 7) is 3.23. The molecular weight excluding hydrogens is 334 g/mol. The van der Waals surface area contributed by atoms with Crippen molar-refractivity contribution in [2.24, 2.45) is 5.92 Å². The van der Waals surface area contributed by atoms with Crippen molar-refractivity contribution in [3.05, 3.63) is 28.2 Å². The third-order valence-electron chi connectivity index (χ3n) is 4.33. The summed E-state index contributed by atoms with van der Waals surface area (Å²) < 4.78 is 6.44. The SMILES string of the molecule is O=C(O)CC(c1cc(Br)ccc1N1CCOCC1)C1CC1. The van der Waals surface area contributed by atoms with Gasteiger partial charge < -0.3 is 14.7 Å². The standard InChI is InChI=1S/C16H20BrNO3/c17-12-3-4-15(18-5-7-21-8-6-18)14(9-12)13(10-16(19)20)11-1-2-11/h3-4,9,11,13H,1-2,5-8,10H2,(H,19,20). The fraction of sp³-hybridized carbons (Fsp3) is 0.562. The molecule has 0 bridgehead atoms. The first-order chi connectivity index (χ1) is 10.1. The average Bonchev–Trinajstić information content (AvgIpc) is 3.30. The minimum atomic E-state index is -0.709. The van der Waals surface area contributed by atoms with Crippen LogP contribution >= 0.6 is 15.9 Å². The van der Waals surface area contributed by atoms with Crippen LogP contribution in [0.15, 0.2) is 22.7 Å². The Hall–Kier alpha value is -1.07. The summed E-state index contributed by atoms with van der Waals surface area (Å²) in [5.74, 6) is -0.0622. The number of hydrogen-bond acceptors (Lipinski definition) is 3. The number of hydrogen-bond donors (Lipinski definition) is 1. The maximum absolute atomic E-state index is 11.2. The summed E-state index contributed by atoms with van der Waals surface area (Å²) in [5, 5.41) is 9.25. The average molecular weight is 354 g/mol. The third-order valence-corrected chi connectivity index (χ3v) is 4.82. The molecule has 1 aliphatic carbocycles. The largest absolute Gasteiger partial charge is 0.481 e.